The predicted molar refractivity (Wildman–Crippen MR) is 115 cm³/mol. The summed E-state index contributed by atoms with van der Waals surface area (Å²) in [6.07, 6.45) is 2.56. The maximum absolute atomic E-state index is 12.3. The van der Waals surface area contributed by atoms with E-state index in [2.05, 4.69) is 39.4 Å². The van der Waals surface area contributed by atoms with Crippen LogP contribution in [-0.4, -0.2) is 51.9 Å². The van der Waals surface area contributed by atoms with Gasteiger partial charge < -0.3 is 15.1 Å². The smallest absolute Gasteiger partial charge is 0.238 e. The minimum absolute atomic E-state index is 0.0179. The van der Waals surface area contributed by atoms with Crippen molar-refractivity contribution in [2.24, 2.45) is 5.14 Å². The summed E-state index contributed by atoms with van der Waals surface area (Å²) in [4.78, 5) is 16.9. The summed E-state index contributed by atoms with van der Waals surface area (Å²) in [5, 5.41) is 7.89. The topological polar surface area (TPSA) is 95.7 Å². The molecule has 0 bridgehead atoms. The molecule has 0 aromatic heterocycles. The molecule has 2 aromatic rings. The number of para-hydroxylation sites is 1. The number of nitrogens with zero attached hydrogens (tertiary/aromatic N) is 2. The molecule has 3 rings (SSSR count). The maximum Gasteiger partial charge on any atom is 0.238 e. The fourth-order valence-corrected chi connectivity index (χ4v) is 4.18. The van der Waals surface area contributed by atoms with Crippen molar-refractivity contribution in [1.82, 2.24) is 4.90 Å². The number of rotatable bonds is 7. The van der Waals surface area contributed by atoms with Crippen LogP contribution in [0.4, 0.5) is 11.4 Å². The van der Waals surface area contributed by atoms with Crippen molar-refractivity contribution in [1.29, 1.82) is 0 Å². The van der Waals surface area contributed by atoms with E-state index < -0.39 is 10.0 Å². The Kier molecular flexibility index (Phi) is 6.89. The first-order valence-electron chi connectivity index (χ1n) is 9.76. The van der Waals surface area contributed by atoms with Gasteiger partial charge in [-0.25, -0.2) is 13.6 Å². The molecule has 3 N–H and O–H groups in total. The first kappa shape index (κ1) is 21.3. The van der Waals surface area contributed by atoms with Crippen LogP contribution in [0.15, 0.2) is 59.5 Å². The summed E-state index contributed by atoms with van der Waals surface area (Å²) in [5.41, 5.74) is 1.66. The standard InChI is InChI=1S/C21H28N4O3S/c1-24(19-10-6-13-25(16-19)18-8-3-2-4-9-18)14-12-21(26)23-17-7-5-11-20(15-17)29(22,27)28/h2-5,7-9,11,15,19H,6,10,12-14,16H2,1H3,(H,23,26)(H2,22,27,28)/t19-/m1/s1. The van der Waals surface area contributed by atoms with Gasteiger partial charge in [0, 0.05) is 43.5 Å². The number of hydrogen-bond acceptors (Lipinski definition) is 5. The zero-order valence-electron chi connectivity index (χ0n) is 16.6. The highest BCUT2D eigenvalue weighted by atomic mass is 32.2. The number of carbonyl (C=O) groups excluding carboxylic acids is 1. The van der Waals surface area contributed by atoms with E-state index in [1.54, 1.807) is 12.1 Å². The van der Waals surface area contributed by atoms with Crippen molar-refractivity contribution < 1.29 is 13.2 Å². The molecule has 1 heterocycles. The van der Waals surface area contributed by atoms with Gasteiger partial charge in [0.15, 0.2) is 0 Å². The van der Waals surface area contributed by atoms with Crippen LogP contribution < -0.4 is 15.4 Å². The fourth-order valence-electron chi connectivity index (χ4n) is 3.62. The van der Waals surface area contributed by atoms with E-state index in [9.17, 15) is 13.2 Å². The first-order valence-corrected chi connectivity index (χ1v) is 11.3. The molecule has 0 spiro atoms. The molecule has 156 valence electrons. The van der Waals surface area contributed by atoms with Crippen molar-refractivity contribution in [3.05, 3.63) is 54.6 Å². The van der Waals surface area contributed by atoms with Gasteiger partial charge in [-0.3, -0.25) is 4.79 Å². The molecule has 7 nitrogen and oxygen atoms in total. The second-order valence-corrected chi connectivity index (χ2v) is 8.99. The Morgan fingerprint density at radius 3 is 2.69 bits per heavy atom. The van der Waals surface area contributed by atoms with Crippen molar-refractivity contribution in [3.8, 4) is 0 Å². The second kappa shape index (κ2) is 9.39. The number of nitrogens with one attached hydrogen (secondary N) is 1. The molecular formula is C21H28N4O3S. The summed E-state index contributed by atoms with van der Waals surface area (Å²) in [5.74, 6) is -0.154. The largest absolute Gasteiger partial charge is 0.370 e. The van der Waals surface area contributed by atoms with Crippen molar-refractivity contribution in [2.75, 3.05) is 36.9 Å². The Balaban J connectivity index is 1.51. The van der Waals surface area contributed by atoms with Crippen molar-refractivity contribution >= 4 is 27.3 Å². The number of nitrogens with two attached hydrogens (primary N) is 1. The van der Waals surface area contributed by atoms with E-state index in [-0.39, 0.29) is 10.8 Å². The second-order valence-electron chi connectivity index (χ2n) is 7.43. The summed E-state index contributed by atoms with van der Waals surface area (Å²) in [6.45, 7) is 2.63. The van der Waals surface area contributed by atoms with E-state index in [0.717, 1.165) is 25.9 Å². The lowest BCUT2D eigenvalue weighted by molar-refractivity contribution is -0.116. The number of primary sulfonamides is 1. The van der Waals surface area contributed by atoms with Crippen LogP contribution in [0.3, 0.4) is 0 Å². The summed E-state index contributed by atoms with van der Waals surface area (Å²) in [6, 6.07) is 16.8. The number of likely N-dealkylation sites (N-methyl/N-ethyl adjacent to an activating group) is 1. The third kappa shape index (κ3) is 6.03. The molecule has 1 aliphatic heterocycles. The van der Waals surface area contributed by atoms with Gasteiger partial charge in [-0.05, 0) is 50.2 Å². The molecule has 2 aromatic carbocycles. The SMILES string of the molecule is CN(CCC(=O)Nc1cccc(S(N)(=O)=O)c1)[C@@H]1CCCN(c2ccccc2)C1. The van der Waals surface area contributed by atoms with Gasteiger partial charge in [0.2, 0.25) is 15.9 Å². The first-order chi connectivity index (χ1) is 13.8. The van der Waals surface area contributed by atoms with Crippen LogP contribution in [0.1, 0.15) is 19.3 Å². The molecule has 1 aliphatic rings. The molecule has 1 atom stereocenters. The van der Waals surface area contributed by atoms with E-state index in [0.29, 0.717) is 24.7 Å². The molecule has 1 fully saturated rings. The van der Waals surface area contributed by atoms with Gasteiger partial charge in [0.05, 0.1) is 4.90 Å². The summed E-state index contributed by atoms with van der Waals surface area (Å²) < 4.78 is 22.9. The molecule has 0 aliphatic carbocycles. The maximum atomic E-state index is 12.3. The Labute approximate surface area is 172 Å². The third-order valence-electron chi connectivity index (χ3n) is 5.28. The highest BCUT2D eigenvalue weighted by Gasteiger charge is 2.23. The monoisotopic (exact) mass is 416 g/mol. The average Bonchev–Trinajstić information content (AvgIpc) is 2.72. The van der Waals surface area contributed by atoms with Crippen LogP contribution in [-0.2, 0) is 14.8 Å². The number of anilines is 2. The number of hydrogen-bond donors (Lipinski definition) is 2. The lowest BCUT2D eigenvalue weighted by Gasteiger charge is -2.38. The summed E-state index contributed by atoms with van der Waals surface area (Å²) >= 11 is 0. The van der Waals surface area contributed by atoms with E-state index in [1.807, 2.05) is 13.1 Å². The molecule has 0 radical (unpaired) electrons. The van der Waals surface area contributed by atoms with Crippen molar-refractivity contribution in [2.45, 2.75) is 30.2 Å². The molecule has 1 amide bonds. The normalized spacial score (nSPS) is 17.3. The van der Waals surface area contributed by atoms with Crippen LogP contribution in [0.2, 0.25) is 0 Å². The van der Waals surface area contributed by atoms with Crippen LogP contribution in [0.25, 0.3) is 0 Å². The van der Waals surface area contributed by atoms with E-state index in [4.69, 9.17) is 5.14 Å². The van der Waals surface area contributed by atoms with E-state index >= 15 is 0 Å². The molecule has 29 heavy (non-hydrogen) atoms. The Morgan fingerprint density at radius 1 is 1.21 bits per heavy atom. The van der Waals surface area contributed by atoms with Crippen LogP contribution in [0.5, 0.6) is 0 Å². The minimum Gasteiger partial charge on any atom is -0.370 e. The minimum atomic E-state index is -3.79. The Bertz CT molecular complexity index is 934. The zero-order chi connectivity index (χ0) is 20.9. The van der Waals surface area contributed by atoms with Gasteiger partial charge in [0.1, 0.15) is 0 Å². The number of benzene rings is 2. The molecule has 0 unspecified atom stereocenters. The average molecular weight is 417 g/mol. The number of sulfonamides is 1. The lowest BCUT2D eigenvalue weighted by Crippen LogP contribution is -2.47. The Morgan fingerprint density at radius 2 is 1.97 bits per heavy atom. The van der Waals surface area contributed by atoms with Gasteiger partial charge in [-0.1, -0.05) is 24.3 Å². The van der Waals surface area contributed by atoms with Gasteiger partial charge in [-0.2, -0.15) is 0 Å². The number of piperidine rings is 1. The lowest BCUT2D eigenvalue weighted by atomic mass is 10.0. The molecule has 1 saturated heterocycles. The quantitative estimate of drug-likeness (QED) is 0.722. The van der Waals surface area contributed by atoms with Gasteiger partial charge >= 0.3 is 0 Å². The van der Waals surface area contributed by atoms with Gasteiger partial charge in [0.25, 0.3) is 0 Å². The van der Waals surface area contributed by atoms with Crippen LogP contribution in [0, 0.1) is 0 Å². The van der Waals surface area contributed by atoms with Crippen molar-refractivity contribution in [3.63, 3.8) is 0 Å². The third-order valence-corrected chi connectivity index (χ3v) is 6.19. The summed E-state index contributed by atoms with van der Waals surface area (Å²) in [7, 11) is -1.74. The fraction of sp³-hybridized carbons (Fsp3) is 0.381. The van der Waals surface area contributed by atoms with E-state index in [1.165, 1.54) is 17.8 Å². The highest BCUT2D eigenvalue weighted by Crippen LogP contribution is 2.22. The molecule has 8 heteroatoms. The highest BCUT2D eigenvalue weighted by molar-refractivity contribution is 7.89. The molecular weight excluding hydrogens is 388 g/mol. The van der Waals surface area contributed by atoms with Crippen LogP contribution >= 0.6 is 0 Å². The number of amides is 1. The zero-order valence-corrected chi connectivity index (χ0v) is 17.4. The predicted octanol–water partition coefficient (Wildman–Crippen LogP) is 2.26. The Hall–Kier alpha value is -2.42. The van der Waals surface area contributed by atoms with Gasteiger partial charge in [-0.15, -0.1) is 0 Å². The number of carbonyl (C=O) groups is 1. The molecule has 0 saturated carbocycles.